The Hall–Kier alpha value is -2.29. The molecular formula is C19H25FN4O3. The molecule has 27 heavy (non-hydrogen) atoms. The number of amides is 1. The average Bonchev–Trinajstić information content (AvgIpc) is 2.94. The summed E-state index contributed by atoms with van der Waals surface area (Å²) in [5, 5.41) is 23.2. The molecule has 1 unspecified atom stereocenters. The second-order valence-corrected chi connectivity index (χ2v) is 6.95. The largest absolute Gasteiger partial charge is 0.393 e. The summed E-state index contributed by atoms with van der Waals surface area (Å²) < 4.78 is 14.8. The first-order chi connectivity index (χ1) is 13.0. The van der Waals surface area contributed by atoms with Gasteiger partial charge >= 0.3 is 0 Å². The molecule has 0 spiro atoms. The van der Waals surface area contributed by atoms with Gasteiger partial charge in [-0.1, -0.05) is 12.1 Å². The van der Waals surface area contributed by atoms with Crippen LogP contribution >= 0.6 is 0 Å². The molecule has 1 aliphatic heterocycles. The lowest BCUT2D eigenvalue weighted by atomic mass is 10.2. The predicted molar refractivity (Wildman–Crippen MR) is 97.0 cm³/mol. The van der Waals surface area contributed by atoms with E-state index in [2.05, 4.69) is 5.10 Å². The molecule has 1 amide bonds. The standard InChI is InChI=1S/C19H25FN4O3/c1-22(10-14-3-5-15(20)6-4-14)12-19(27)23-7-2-8-24-16(11-23)9-17(21-24)18(26)13-25/h3-6,9,18,25-26H,2,7-8,10-13H2,1H3. The van der Waals surface area contributed by atoms with Crippen LogP contribution in [0.15, 0.2) is 30.3 Å². The SMILES string of the molecule is CN(CC(=O)N1CCCn2nc(C(O)CO)cc2C1)Cc1ccc(F)cc1. The van der Waals surface area contributed by atoms with E-state index >= 15 is 0 Å². The first-order valence-electron chi connectivity index (χ1n) is 9.02. The lowest BCUT2D eigenvalue weighted by Crippen LogP contribution is -2.38. The number of benzene rings is 1. The minimum atomic E-state index is -1.00. The minimum absolute atomic E-state index is 0.0125. The van der Waals surface area contributed by atoms with Gasteiger partial charge < -0.3 is 15.1 Å². The number of aliphatic hydroxyl groups excluding tert-OH is 2. The number of carbonyl (C=O) groups excluding carboxylic acids is 1. The van der Waals surface area contributed by atoms with Crippen molar-refractivity contribution in [1.82, 2.24) is 19.6 Å². The zero-order chi connectivity index (χ0) is 19.4. The molecular weight excluding hydrogens is 351 g/mol. The van der Waals surface area contributed by atoms with Crippen LogP contribution in [0.2, 0.25) is 0 Å². The Kier molecular flexibility index (Phi) is 6.20. The van der Waals surface area contributed by atoms with Crippen molar-refractivity contribution >= 4 is 5.91 Å². The summed E-state index contributed by atoms with van der Waals surface area (Å²) >= 11 is 0. The number of hydrogen-bond donors (Lipinski definition) is 2. The quantitative estimate of drug-likeness (QED) is 0.783. The van der Waals surface area contributed by atoms with Gasteiger partial charge in [-0.2, -0.15) is 5.10 Å². The van der Waals surface area contributed by atoms with Crippen LogP contribution in [-0.2, 0) is 24.4 Å². The van der Waals surface area contributed by atoms with Gasteiger partial charge in [0, 0.05) is 19.6 Å². The summed E-state index contributed by atoms with van der Waals surface area (Å²) in [5.74, 6) is -0.261. The number of nitrogens with zero attached hydrogens (tertiary/aromatic N) is 4. The number of hydrogen-bond acceptors (Lipinski definition) is 5. The van der Waals surface area contributed by atoms with Crippen molar-refractivity contribution in [3.8, 4) is 0 Å². The van der Waals surface area contributed by atoms with Crippen LogP contribution in [0.1, 0.15) is 29.5 Å². The minimum Gasteiger partial charge on any atom is -0.393 e. The third-order valence-corrected chi connectivity index (χ3v) is 4.67. The van der Waals surface area contributed by atoms with Crippen molar-refractivity contribution in [1.29, 1.82) is 0 Å². The third-order valence-electron chi connectivity index (χ3n) is 4.67. The molecule has 146 valence electrons. The molecule has 1 aromatic carbocycles. The number of aliphatic hydroxyl groups is 2. The van der Waals surface area contributed by atoms with Gasteiger partial charge in [0.05, 0.1) is 31.1 Å². The Morgan fingerprint density at radius 3 is 2.78 bits per heavy atom. The Morgan fingerprint density at radius 2 is 2.07 bits per heavy atom. The summed E-state index contributed by atoms with van der Waals surface area (Å²) in [7, 11) is 1.86. The van der Waals surface area contributed by atoms with Crippen molar-refractivity contribution < 1.29 is 19.4 Å². The van der Waals surface area contributed by atoms with E-state index in [0.717, 1.165) is 17.7 Å². The zero-order valence-electron chi connectivity index (χ0n) is 15.4. The number of aromatic nitrogens is 2. The summed E-state index contributed by atoms with van der Waals surface area (Å²) in [6, 6.07) is 8.01. The van der Waals surface area contributed by atoms with Crippen LogP contribution in [0.5, 0.6) is 0 Å². The van der Waals surface area contributed by atoms with Crippen molar-refractivity contribution in [2.75, 3.05) is 26.7 Å². The normalized spacial score (nSPS) is 15.5. The van der Waals surface area contributed by atoms with Crippen LogP contribution < -0.4 is 0 Å². The number of aryl methyl sites for hydroxylation is 1. The van der Waals surface area contributed by atoms with Gasteiger partial charge in [0.1, 0.15) is 11.9 Å². The van der Waals surface area contributed by atoms with E-state index in [-0.39, 0.29) is 24.9 Å². The van der Waals surface area contributed by atoms with Crippen LogP contribution in [0.4, 0.5) is 4.39 Å². The van der Waals surface area contributed by atoms with Gasteiger partial charge in [-0.05, 0) is 37.2 Å². The number of likely N-dealkylation sites (N-methyl/N-ethyl adjacent to an activating group) is 1. The molecule has 0 saturated carbocycles. The maximum Gasteiger partial charge on any atom is 0.237 e. The van der Waals surface area contributed by atoms with E-state index in [1.54, 1.807) is 27.8 Å². The molecule has 0 aliphatic carbocycles. The van der Waals surface area contributed by atoms with Gasteiger partial charge in [0.2, 0.25) is 5.91 Å². The van der Waals surface area contributed by atoms with Crippen LogP contribution in [0, 0.1) is 5.82 Å². The maximum absolute atomic E-state index is 13.0. The smallest absolute Gasteiger partial charge is 0.237 e. The van der Waals surface area contributed by atoms with E-state index in [1.807, 2.05) is 11.9 Å². The lowest BCUT2D eigenvalue weighted by molar-refractivity contribution is -0.132. The van der Waals surface area contributed by atoms with Gasteiger partial charge in [0.15, 0.2) is 0 Å². The second kappa shape index (κ2) is 8.60. The van der Waals surface area contributed by atoms with Crippen molar-refractivity contribution in [2.24, 2.45) is 0 Å². The number of rotatable bonds is 6. The molecule has 0 fully saturated rings. The fourth-order valence-corrected chi connectivity index (χ4v) is 3.24. The lowest BCUT2D eigenvalue weighted by Gasteiger charge is -2.24. The molecule has 7 nitrogen and oxygen atoms in total. The highest BCUT2D eigenvalue weighted by Crippen LogP contribution is 2.18. The monoisotopic (exact) mass is 376 g/mol. The van der Waals surface area contributed by atoms with E-state index < -0.39 is 6.10 Å². The van der Waals surface area contributed by atoms with Gasteiger partial charge in [-0.25, -0.2) is 4.39 Å². The van der Waals surface area contributed by atoms with E-state index in [4.69, 9.17) is 5.11 Å². The Balaban J connectivity index is 1.60. The average molecular weight is 376 g/mol. The Bertz CT molecular complexity index is 778. The van der Waals surface area contributed by atoms with Gasteiger partial charge in [0.25, 0.3) is 0 Å². The first-order valence-corrected chi connectivity index (χ1v) is 9.02. The first kappa shape index (κ1) is 19.5. The van der Waals surface area contributed by atoms with Crippen molar-refractivity contribution in [3.05, 3.63) is 53.1 Å². The van der Waals surface area contributed by atoms with Crippen molar-refractivity contribution in [2.45, 2.75) is 32.2 Å². The molecule has 2 N–H and O–H groups in total. The zero-order valence-corrected chi connectivity index (χ0v) is 15.4. The third kappa shape index (κ3) is 4.91. The number of carbonyl (C=O) groups is 1. The van der Waals surface area contributed by atoms with E-state index in [1.165, 1.54) is 12.1 Å². The maximum atomic E-state index is 13.0. The molecule has 3 rings (SSSR count). The highest BCUT2D eigenvalue weighted by atomic mass is 19.1. The summed E-state index contributed by atoms with van der Waals surface area (Å²) in [5.41, 5.74) is 2.23. The van der Waals surface area contributed by atoms with Crippen molar-refractivity contribution in [3.63, 3.8) is 0 Å². The molecule has 0 bridgehead atoms. The Morgan fingerprint density at radius 1 is 1.33 bits per heavy atom. The summed E-state index contributed by atoms with van der Waals surface area (Å²) in [6.45, 7) is 2.18. The number of halogens is 1. The van der Waals surface area contributed by atoms with E-state index in [9.17, 15) is 14.3 Å². The predicted octanol–water partition coefficient (Wildman–Crippen LogP) is 0.912. The number of fused-ring (bicyclic) bond motifs is 1. The fourth-order valence-electron chi connectivity index (χ4n) is 3.24. The molecule has 8 heteroatoms. The molecule has 1 aliphatic rings. The highest BCUT2D eigenvalue weighted by molar-refractivity contribution is 5.78. The molecule has 2 aromatic rings. The van der Waals surface area contributed by atoms with E-state index in [0.29, 0.717) is 31.9 Å². The second-order valence-electron chi connectivity index (χ2n) is 6.95. The molecule has 2 heterocycles. The van der Waals surface area contributed by atoms with Crippen LogP contribution in [-0.4, -0.2) is 62.4 Å². The highest BCUT2D eigenvalue weighted by Gasteiger charge is 2.23. The topological polar surface area (TPSA) is 81.8 Å². The molecule has 1 aromatic heterocycles. The Labute approximate surface area is 157 Å². The summed E-state index contributed by atoms with van der Waals surface area (Å²) in [4.78, 5) is 16.4. The molecule has 0 radical (unpaired) electrons. The summed E-state index contributed by atoms with van der Waals surface area (Å²) in [6.07, 6.45) is -0.230. The van der Waals surface area contributed by atoms with Gasteiger partial charge in [-0.3, -0.25) is 14.4 Å². The fraction of sp³-hybridized carbons (Fsp3) is 0.474. The van der Waals surface area contributed by atoms with Crippen LogP contribution in [0.25, 0.3) is 0 Å². The molecule has 1 atom stereocenters. The van der Waals surface area contributed by atoms with Gasteiger partial charge in [-0.15, -0.1) is 0 Å². The molecule has 0 saturated heterocycles. The van der Waals surface area contributed by atoms with Crippen LogP contribution in [0.3, 0.4) is 0 Å².